The number of rotatable bonds is 5. The quantitative estimate of drug-likeness (QED) is 0.798. The maximum atomic E-state index is 12.9. The van der Waals surface area contributed by atoms with Crippen LogP contribution in [0.1, 0.15) is 34.1 Å². The van der Waals surface area contributed by atoms with E-state index in [-0.39, 0.29) is 18.9 Å². The highest BCUT2D eigenvalue weighted by Crippen LogP contribution is 2.33. The van der Waals surface area contributed by atoms with Crippen molar-refractivity contribution in [2.75, 3.05) is 13.7 Å². The van der Waals surface area contributed by atoms with Crippen LogP contribution in [0.25, 0.3) is 0 Å². The number of carboxylic acid groups (broad SMARTS) is 1. The van der Waals surface area contributed by atoms with Crippen LogP contribution in [0.4, 0.5) is 0 Å². The van der Waals surface area contributed by atoms with Gasteiger partial charge in [0.2, 0.25) is 0 Å². The Morgan fingerprint density at radius 1 is 1.04 bits per heavy atom. The molecule has 0 spiro atoms. The van der Waals surface area contributed by atoms with Crippen LogP contribution < -0.4 is 4.74 Å². The normalized spacial score (nSPS) is 21.2. The average molecular weight is 383 g/mol. The van der Waals surface area contributed by atoms with Gasteiger partial charge in [0.05, 0.1) is 19.2 Å². The van der Waals surface area contributed by atoms with Crippen LogP contribution in [0.3, 0.4) is 0 Å². The lowest BCUT2D eigenvalue weighted by Gasteiger charge is -2.30. The number of aliphatic carboxylic acids is 1. The standard InChI is InChI=1S/C21H21NO6/c1-21(20(25)26)12-17(13-22(21)18(23)14-6-4-3-5-7-14)28-16-10-8-15(9-11-16)19(24)27-2/h3-11,17H,12-13H2,1-2H3,(H,25,26)/t17-,21-/m0/s1. The highest BCUT2D eigenvalue weighted by atomic mass is 16.5. The van der Waals surface area contributed by atoms with Gasteiger partial charge in [0.1, 0.15) is 17.4 Å². The number of ether oxygens (including phenoxy) is 2. The lowest BCUT2D eigenvalue weighted by Crippen LogP contribution is -2.50. The zero-order chi connectivity index (χ0) is 20.3. The molecule has 3 rings (SSSR count). The van der Waals surface area contributed by atoms with E-state index in [9.17, 15) is 19.5 Å². The van der Waals surface area contributed by atoms with E-state index >= 15 is 0 Å². The molecule has 2 aromatic rings. The first-order valence-electron chi connectivity index (χ1n) is 8.80. The van der Waals surface area contributed by atoms with Crippen molar-refractivity contribution in [3.8, 4) is 5.75 Å². The molecule has 0 aromatic heterocycles. The summed E-state index contributed by atoms with van der Waals surface area (Å²) in [6.45, 7) is 1.68. The molecule has 1 saturated heterocycles. The van der Waals surface area contributed by atoms with E-state index in [1.54, 1.807) is 54.6 Å². The highest BCUT2D eigenvalue weighted by Gasteiger charge is 2.51. The number of benzene rings is 2. The van der Waals surface area contributed by atoms with E-state index in [4.69, 9.17) is 4.74 Å². The SMILES string of the molecule is COC(=O)c1ccc(O[C@@H]2CN(C(=O)c3ccccc3)[C@](C)(C(=O)O)C2)cc1. The summed E-state index contributed by atoms with van der Waals surface area (Å²) in [5.41, 5.74) is -0.556. The van der Waals surface area contributed by atoms with Crippen molar-refractivity contribution >= 4 is 17.8 Å². The summed E-state index contributed by atoms with van der Waals surface area (Å²) in [6.07, 6.45) is -0.336. The molecule has 0 bridgehead atoms. The molecule has 1 fully saturated rings. The Labute approximate surface area is 162 Å². The number of carbonyl (C=O) groups excluding carboxylic acids is 2. The van der Waals surface area contributed by atoms with Crippen LogP contribution in [0.15, 0.2) is 54.6 Å². The monoisotopic (exact) mass is 383 g/mol. The second kappa shape index (κ2) is 7.72. The van der Waals surface area contributed by atoms with Gasteiger partial charge in [-0.2, -0.15) is 0 Å². The minimum atomic E-state index is -1.37. The zero-order valence-electron chi connectivity index (χ0n) is 15.6. The van der Waals surface area contributed by atoms with Crippen LogP contribution >= 0.6 is 0 Å². The van der Waals surface area contributed by atoms with Gasteiger partial charge in [0.15, 0.2) is 0 Å². The Bertz CT molecular complexity index is 880. The number of likely N-dealkylation sites (tertiary alicyclic amines) is 1. The highest BCUT2D eigenvalue weighted by molar-refractivity contribution is 5.98. The molecule has 1 aliphatic heterocycles. The number of esters is 1. The van der Waals surface area contributed by atoms with Crippen LogP contribution in [-0.4, -0.2) is 53.1 Å². The van der Waals surface area contributed by atoms with Crippen LogP contribution in [0.5, 0.6) is 5.75 Å². The summed E-state index contributed by atoms with van der Waals surface area (Å²) in [7, 11) is 1.30. The lowest BCUT2D eigenvalue weighted by molar-refractivity contribution is -0.147. The maximum absolute atomic E-state index is 12.9. The van der Waals surface area contributed by atoms with E-state index in [0.717, 1.165) is 0 Å². The van der Waals surface area contributed by atoms with E-state index in [1.807, 2.05) is 0 Å². The van der Waals surface area contributed by atoms with Crippen molar-refractivity contribution in [2.24, 2.45) is 0 Å². The Morgan fingerprint density at radius 2 is 1.68 bits per heavy atom. The van der Waals surface area contributed by atoms with E-state index in [0.29, 0.717) is 16.9 Å². The van der Waals surface area contributed by atoms with Crippen molar-refractivity contribution in [3.63, 3.8) is 0 Å². The van der Waals surface area contributed by atoms with Gasteiger partial charge in [-0.25, -0.2) is 9.59 Å². The third-order valence-electron chi connectivity index (χ3n) is 4.91. The summed E-state index contributed by atoms with van der Waals surface area (Å²) in [6, 6.07) is 14.9. The third-order valence-corrected chi connectivity index (χ3v) is 4.91. The van der Waals surface area contributed by atoms with E-state index in [2.05, 4.69) is 4.74 Å². The van der Waals surface area contributed by atoms with Gasteiger partial charge < -0.3 is 19.5 Å². The minimum absolute atomic E-state index is 0.148. The molecule has 0 aliphatic carbocycles. The predicted molar refractivity (Wildman–Crippen MR) is 100 cm³/mol. The first-order chi connectivity index (χ1) is 13.3. The lowest BCUT2D eigenvalue weighted by atomic mass is 9.97. The van der Waals surface area contributed by atoms with E-state index in [1.165, 1.54) is 18.9 Å². The number of nitrogens with zero attached hydrogens (tertiary/aromatic N) is 1. The molecular weight excluding hydrogens is 362 g/mol. The molecule has 0 radical (unpaired) electrons. The number of methoxy groups -OCH3 is 1. The molecule has 28 heavy (non-hydrogen) atoms. The maximum Gasteiger partial charge on any atom is 0.337 e. The summed E-state index contributed by atoms with van der Waals surface area (Å²) in [5, 5.41) is 9.75. The van der Waals surface area contributed by atoms with E-state index < -0.39 is 23.6 Å². The Morgan fingerprint density at radius 3 is 2.25 bits per heavy atom. The van der Waals surface area contributed by atoms with Crippen LogP contribution in [0.2, 0.25) is 0 Å². The number of carbonyl (C=O) groups is 3. The Hall–Kier alpha value is -3.35. The Kier molecular flexibility index (Phi) is 5.35. The molecule has 0 unspecified atom stereocenters. The van der Waals surface area contributed by atoms with Crippen molar-refractivity contribution in [2.45, 2.75) is 25.0 Å². The van der Waals surface area contributed by atoms with Gasteiger partial charge in [-0.3, -0.25) is 4.79 Å². The fraction of sp³-hybridized carbons (Fsp3) is 0.286. The average Bonchev–Trinajstić information content (AvgIpc) is 3.05. The molecule has 1 amide bonds. The van der Waals surface area contributed by atoms with Crippen molar-refractivity contribution < 1.29 is 29.0 Å². The first kappa shape index (κ1) is 19.4. The fourth-order valence-corrected chi connectivity index (χ4v) is 3.33. The van der Waals surface area contributed by atoms with Crippen LogP contribution in [-0.2, 0) is 9.53 Å². The van der Waals surface area contributed by atoms with Crippen LogP contribution in [0, 0.1) is 0 Å². The second-order valence-electron chi connectivity index (χ2n) is 6.82. The number of hydrogen-bond donors (Lipinski definition) is 1. The molecule has 1 N–H and O–H groups in total. The molecule has 7 heteroatoms. The fourth-order valence-electron chi connectivity index (χ4n) is 3.33. The Balaban J connectivity index is 1.78. The van der Waals surface area contributed by atoms with Gasteiger partial charge in [-0.05, 0) is 43.3 Å². The molecular formula is C21H21NO6. The van der Waals surface area contributed by atoms with Gasteiger partial charge in [0, 0.05) is 12.0 Å². The third kappa shape index (κ3) is 3.69. The summed E-state index contributed by atoms with van der Waals surface area (Å²) in [4.78, 5) is 37.6. The molecule has 1 heterocycles. The topological polar surface area (TPSA) is 93.1 Å². The molecule has 0 saturated carbocycles. The second-order valence-corrected chi connectivity index (χ2v) is 6.82. The van der Waals surface area contributed by atoms with Gasteiger partial charge in [-0.1, -0.05) is 18.2 Å². The van der Waals surface area contributed by atoms with Gasteiger partial charge in [0.25, 0.3) is 5.91 Å². The summed E-state index contributed by atoms with van der Waals surface area (Å²) in [5.74, 6) is -1.40. The predicted octanol–water partition coefficient (Wildman–Crippen LogP) is 2.61. The molecule has 146 valence electrons. The largest absolute Gasteiger partial charge is 0.488 e. The minimum Gasteiger partial charge on any atom is -0.488 e. The van der Waals surface area contributed by atoms with Gasteiger partial charge in [-0.15, -0.1) is 0 Å². The van der Waals surface area contributed by atoms with Crippen molar-refractivity contribution in [3.05, 3.63) is 65.7 Å². The zero-order valence-corrected chi connectivity index (χ0v) is 15.6. The number of carboxylic acids is 1. The molecule has 7 nitrogen and oxygen atoms in total. The molecule has 2 aromatic carbocycles. The summed E-state index contributed by atoms with van der Waals surface area (Å²) >= 11 is 0. The number of hydrogen-bond acceptors (Lipinski definition) is 5. The smallest absolute Gasteiger partial charge is 0.337 e. The number of amides is 1. The molecule has 2 atom stereocenters. The van der Waals surface area contributed by atoms with Crippen molar-refractivity contribution in [1.29, 1.82) is 0 Å². The first-order valence-corrected chi connectivity index (χ1v) is 8.80. The molecule has 1 aliphatic rings. The van der Waals surface area contributed by atoms with Crippen molar-refractivity contribution in [1.82, 2.24) is 4.90 Å². The summed E-state index contributed by atoms with van der Waals surface area (Å²) < 4.78 is 10.6. The van der Waals surface area contributed by atoms with Gasteiger partial charge >= 0.3 is 11.9 Å².